The molecule has 1 aromatic heterocycles. The van der Waals surface area contributed by atoms with Crippen molar-refractivity contribution < 1.29 is 4.39 Å². The number of nitrogens with two attached hydrogens (primary N) is 1. The van der Waals surface area contributed by atoms with E-state index in [0.29, 0.717) is 18.7 Å². The summed E-state index contributed by atoms with van der Waals surface area (Å²) < 4.78 is 15.5. The van der Waals surface area contributed by atoms with E-state index in [0.717, 1.165) is 22.0 Å². The van der Waals surface area contributed by atoms with E-state index in [1.807, 2.05) is 41.1 Å². The molecule has 0 amide bonds. The van der Waals surface area contributed by atoms with Gasteiger partial charge in [-0.05, 0) is 41.5 Å². The van der Waals surface area contributed by atoms with Gasteiger partial charge in [-0.15, -0.1) is 0 Å². The number of halogens is 1. The van der Waals surface area contributed by atoms with Crippen molar-refractivity contribution in [2.75, 3.05) is 0 Å². The standard InChI is InChI=1S/C17H14FN3/c18-15-7-12(9-19)6-13(8-15)11-21-5-4-16-14(10-20)2-1-3-17(16)21/h1-8H,10-11,20H2. The zero-order valence-corrected chi connectivity index (χ0v) is 11.4. The summed E-state index contributed by atoms with van der Waals surface area (Å²) in [6, 6.07) is 14.4. The van der Waals surface area contributed by atoms with Gasteiger partial charge < -0.3 is 10.3 Å². The van der Waals surface area contributed by atoms with E-state index in [-0.39, 0.29) is 5.82 Å². The summed E-state index contributed by atoms with van der Waals surface area (Å²) in [5.74, 6) is -0.386. The summed E-state index contributed by atoms with van der Waals surface area (Å²) in [4.78, 5) is 0. The minimum Gasteiger partial charge on any atom is -0.343 e. The maximum atomic E-state index is 13.5. The predicted molar refractivity (Wildman–Crippen MR) is 80.0 cm³/mol. The van der Waals surface area contributed by atoms with Crippen LogP contribution in [0.4, 0.5) is 4.39 Å². The predicted octanol–water partition coefficient (Wildman–Crippen LogP) is 3.16. The molecule has 4 heteroatoms. The van der Waals surface area contributed by atoms with Crippen LogP contribution in [0, 0.1) is 17.1 Å². The molecular weight excluding hydrogens is 265 g/mol. The lowest BCUT2D eigenvalue weighted by Crippen LogP contribution is -2.00. The second-order valence-corrected chi connectivity index (χ2v) is 4.96. The molecule has 0 unspecified atom stereocenters. The maximum absolute atomic E-state index is 13.5. The number of benzene rings is 2. The average Bonchev–Trinajstić information content (AvgIpc) is 2.89. The summed E-state index contributed by atoms with van der Waals surface area (Å²) in [5, 5.41) is 10.0. The first-order chi connectivity index (χ1) is 10.2. The van der Waals surface area contributed by atoms with Crippen molar-refractivity contribution in [1.82, 2.24) is 4.57 Å². The monoisotopic (exact) mass is 279 g/mol. The summed E-state index contributed by atoms with van der Waals surface area (Å²) in [5.41, 5.74) is 8.99. The van der Waals surface area contributed by atoms with Crippen molar-refractivity contribution in [1.29, 1.82) is 5.26 Å². The van der Waals surface area contributed by atoms with Crippen LogP contribution < -0.4 is 5.73 Å². The van der Waals surface area contributed by atoms with Gasteiger partial charge in [0, 0.05) is 30.2 Å². The number of nitrogens with zero attached hydrogens (tertiary/aromatic N) is 2. The van der Waals surface area contributed by atoms with Crippen LogP contribution in [0.5, 0.6) is 0 Å². The molecular formula is C17H14FN3. The minimum atomic E-state index is -0.386. The lowest BCUT2D eigenvalue weighted by molar-refractivity contribution is 0.623. The molecule has 0 aliphatic carbocycles. The van der Waals surface area contributed by atoms with Crippen LogP contribution in [0.25, 0.3) is 10.9 Å². The molecule has 21 heavy (non-hydrogen) atoms. The second-order valence-electron chi connectivity index (χ2n) is 4.96. The van der Waals surface area contributed by atoms with Crippen LogP contribution in [-0.2, 0) is 13.1 Å². The van der Waals surface area contributed by atoms with Gasteiger partial charge in [-0.3, -0.25) is 0 Å². The van der Waals surface area contributed by atoms with Crippen LogP contribution in [0.3, 0.4) is 0 Å². The molecule has 3 rings (SSSR count). The summed E-state index contributed by atoms with van der Waals surface area (Å²) >= 11 is 0. The van der Waals surface area contributed by atoms with Gasteiger partial charge in [0.05, 0.1) is 11.6 Å². The molecule has 0 bridgehead atoms. The Morgan fingerprint density at radius 3 is 2.81 bits per heavy atom. The molecule has 104 valence electrons. The number of aromatic nitrogens is 1. The lowest BCUT2D eigenvalue weighted by Gasteiger charge is -2.07. The molecule has 2 aromatic carbocycles. The molecule has 0 fully saturated rings. The minimum absolute atomic E-state index is 0.337. The number of rotatable bonds is 3. The lowest BCUT2D eigenvalue weighted by atomic mass is 10.1. The van der Waals surface area contributed by atoms with E-state index in [9.17, 15) is 4.39 Å². The van der Waals surface area contributed by atoms with Gasteiger partial charge in [0.15, 0.2) is 0 Å². The van der Waals surface area contributed by atoms with Gasteiger partial charge in [-0.2, -0.15) is 5.26 Å². The third-order valence-electron chi connectivity index (χ3n) is 3.56. The molecule has 0 atom stereocenters. The summed E-state index contributed by atoms with van der Waals surface area (Å²) in [7, 11) is 0. The highest BCUT2D eigenvalue weighted by Gasteiger charge is 2.06. The van der Waals surface area contributed by atoms with Gasteiger partial charge >= 0.3 is 0 Å². The molecule has 2 N–H and O–H groups in total. The normalized spacial score (nSPS) is 10.7. The van der Waals surface area contributed by atoms with Gasteiger partial charge in [0.2, 0.25) is 0 Å². The average molecular weight is 279 g/mol. The van der Waals surface area contributed by atoms with Crippen LogP contribution in [-0.4, -0.2) is 4.57 Å². The fourth-order valence-electron chi connectivity index (χ4n) is 2.61. The van der Waals surface area contributed by atoms with Gasteiger partial charge in [0.1, 0.15) is 5.82 Å². The van der Waals surface area contributed by atoms with E-state index < -0.39 is 0 Å². The molecule has 0 saturated carbocycles. The third-order valence-corrected chi connectivity index (χ3v) is 3.56. The molecule has 3 nitrogen and oxygen atoms in total. The molecule has 0 aliphatic rings. The highest BCUT2D eigenvalue weighted by molar-refractivity contribution is 5.83. The first kappa shape index (κ1) is 13.3. The molecule has 0 saturated heterocycles. The molecule has 0 aliphatic heterocycles. The van der Waals surface area contributed by atoms with E-state index >= 15 is 0 Å². The smallest absolute Gasteiger partial charge is 0.124 e. The van der Waals surface area contributed by atoms with Crippen LogP contribution in [0.1, 0.15) is 16.7 Å². The van der Waals surface area contributed by atoms with Crippen molar-refractivity contribution in [3.63, 3.8) is 0 Å². The summed E-state index contributed by atoms with van der Waals surface area (Å²) in [6.45, 7) is 1.00. The maximum Gasteiger partial charge on any atom is 0.124 e. The number of hydrogen-bond acceptors (Lipinski definition) is 2. The first-order valence-corrected chi connectivity index (χ1v) is 6.67. The zero-order valence-electron chi connectivity index (χ0n) is 11.4. The van der Waals surface area contributed by atoms with Crippen molar-refractivity contribution in [3.05, 3.63) is 71.2 Å². The Balaban J connectivity index is 2.03. The highest BCUT2D eigenvalue weighted by atomic mass is 19.1. The quantitative estimate of drug-likeness (QED) is 0.800. The SMILES string of the molecule is N#Cc1cc(F)cc(Cn2ccc3c(CN)cccc32)c1. The molecule has 0 spiro atoms. The third kappa shape index (κ3) is 2.51. The van der Waals surface area contributed by atoms with Gasteiger partial charge in [-0.25, -0.2) is 4.39 Å². The molecule has 0 radical (unpaired) electrons. The Morgan fingerprint density at radius 2 is 2.05 bits per heavy atom. The Bertz CT molecular complexity index is 843. The van der Waals surface area contributed by atoms with E-state index in [1.54, 1.807) is 6.07 Å². The zero-order chi connectivity index (χ0) is 14.8. The fraction of sp³-hybridized carbons (Fsp3) is 0.118. The Labute approximate surface area is 122 Å². The summed E-state index contributed by atoms with van der Waals surface area (Å²) in [6.07, 6.45) is 1.96. The van der Waals surface area contributed by atoms with Gasteiger partial charge in [-0.1, -0.05) is 12.1 Å². The van der Waals surface area contributed by atoms with Crippen LogP contribution >= 0.6 is 0 Å². The topological polar surface area (TPSA) is 54.7 Å². The van der Waals surface area contributed by atoms with E-state index in [2.05, 4.69) is 0 Å². The first-order valence-electron chi connectivity index (χ1n) is 6.67. The van der Waals surface area contributed by atoms with Crippen LogP contribution in [0.15, 0.2) is 48.7 Å². The van der Waals surface area contributed by atoms with Crippen molar-refractivity contribution in [2.45, 2.75) is 13.1 Å². The Morgan fingerprint density at radius 1 is 1.19 bits per heavy atom. The molecule has 3 aromatic rings. The highest BCUT2D eigenvalue weighted by Crippen LogP contribution is 2.21. The second kappa shape index (κ2) is 5.39. The van der Waals surface area contributed by atoms with Crippen molar-refractivity contribution in [3.8, 4) is 6.07 Å². The number of hydrogen-bond donors (Lipinski definition) is 1. The number of fused-ring (bicyclic) bond motifs is 1. The largest absolute Gasteiger partial charge is 0.343 e. The van der Waals surface area contributed by atoms with E-state index in [4.69, 9.17) is 11.0 Å². The van der Waals surface area contributed by atoms with Gasteiger partial charge in [0.25, 0.3) is 0 Å². The van der Waals surface area contributed by atoms with Crippen molar-refractivity contribution >= 4 is 10.9 Å². The number of nitriles is 1. The van der Waals surface area contributed by atoms with Crippen molar-refractivity contribution in [2.24, 2.45) is 5.73 Å². The Hall–Kier alpha value is -2.64. The Kier molecular flexibility index (Phi) is 3.43. The molecule has 1 heterocycles. The fourth-order valence-corrected chi connectivity index (χ4v) is 2.61. The van der Waals surface area contributed by atoms with E-state index in [1.165, 1.54) is 12.1 Å². The van der Waals surface area contributed by atoms with Crippen LogP contribution in [0.2, 0.25) is 0 Å².